The summed E-state index contributed by atoms with van der Waals surface area (Å²) >= 11 is 3.81. The quantitative estimate of drug-likeness (QED) is 0.151. The molecule has 2 nitrogen and oxygen atoms in total. The van der Waals surface area contributed by atoms with Crippen LogP contribution in [0.1, 0.15) is 53.4 Å². The molecule has 0 spiro atoms. The van der Waals surface area contributed by atoms with E-state index in [1.54, 1.807) is 0 Å². The molecule has 4 aliphatic carbocycles. The van der Waals surface area contributed by atoms with Gasteiger partial charge in [-0.3, -0.25) is 4.70 Å². The van der Waals surface area contributed by atoms with Gasteiger partial charge in [-0.25, -0.2) is 0 Å². The zero-order valence-corrected chi connectivity index (χ0v) is 73.5. The Morgan fingerprint density at radius 3 is 0.827 bits per heavy atom. The van der Waals surface area contributed by atoms with Gasteiger partial charge in [-0.05, 0) is 204 Å². The minimum atomic E-state index is -0.643. The second-order valence-electron chi connectivity index (χ2n) is 34.5. The summed E-state index contributed by atoms with van der Waals surface area (Å²) in [6.07, 6.45) is 4.36. The van der Waals surface area contributed by atoms with E-state index in [1.807, 2.05) is 36.4 Å². The number of ether oxygens (including phenoxy) is 1. The highest BCUT2D eigenvalue weighted by Crippen LogP contribution is 2.74. The normalized spacial score (nSPS) is 14.5. The number of halogens is 2. The highest BCUT2D eigenvalue weighted by atomic mass is 79.9. The lowest BCUT2D eigenvalue weighted by Crippen LogP contribution is -2.28. The minimum Gasteiger partial charge on any atom is -0.455 e. The first-order valence-corrected chi connectivity index (χ1v) is 45.9. The molecule has 22 aromatic carbocycles. The van der Waals surface area contributed by atoms with Crippen molar-refractivity contribution in [3.63, 3.8) is 0 Å². The molecule has 0 radical (unpaired) electrons. The molecule has 23 aromatic rings. The van der Waals surface area contributed by atoms with Gasteiger partial charge in [0, 0.05) is 38.9 Å². The van der Waals surface area contributed by atoms with Gasteiger partial charge in [-0.1, -0.05) is 509 Å². The van der Waals surface area contributed by atoms with Crippen LogP contribution in [-0.2, 0) is 15.9 Å². The Hall–Kier alpha value is -16.2. The van der Waals surface area contributed by atoms with Gasteiger partial charge in [0.25, 0.3) is 0 Å². The van der Waals surface area contributed by atoms with E-state index < -0.39 is 11.2 Å². The fourth-order valence-corrected chi connectivity index (χ4v) is 22.8. The zero-order valence-electron chi connectivity index (χ0n) is 71.9. The van der Waals surface area contributed by atoms with Gasteiger partial charge in [-0.15, -0.1) is 0 Å². The SMILES string of the molecule is Brc1ccc2c3c(cccc13)-c1c-2c(-c2ccccc2)c2ccccc2c1-c1ccccc1.C.C1=Cc2cccc3cccc1c23.F.[2HH].c1ccc(-c2c3c(c(-c4ccccc4)c4ccccc24)-c2cccc4cccc-3c24)cc1.c1ccc(-c2oc(-c3ccccc3)c3ccccc23)cc1.c1ccc(C23OC(c4ccccc4)(C4=C2c2cccc5cccc4c25)c2ccccc23)cc1. The first-order valence-electron chi connectivity index (χ1n) is 45.1. The van der Waals surface area contributed by atoms with E-state index in [1.165, 1.54) is 209 Å². The third-order valence-electron chi connectivity index (χ3n) is 27.5. The molecule has 1 aromatic heterocycles. The molecular formula is C129H88BrFO2. The van der Waals surface area contributed by atoms with Crippen molar-refractivity contribution >= 4 is 115 Å². The van der Waals surface area contributed by atoms with Crippen molar-refractivity contribution in [3.8, 4) is 112 Å². The van der Waals surface area contributed by atoms with Gasteiger partial charge in [0.05, 0.1) is 0 Å². The Morgan fingerprint density at radius 1 is 0.203 bits per heavy atom. The molecule has 2 aliphatic heterocycles. The number of hydrogen-bond donors (Lipinski definition) is 0. The smallest absolute Gasteiger partial charge is 0.147 e. The minimum absolute atomic E-state index is 0. The Morgan fingerprint density at radius 2 is 0.466 bits per heavy atom. The lowest BCUT2D eigenvalue weighted by Gasteiger charge is -2.31. The molecule has 4 heteroatoms. The number of fused-ring (bicyclic) bond motifs is 18. The molecule has 6 aliphatic rings. The molecule has 0 amide bonds. The van der Waals surface area contributed by atoms with Gasteiger partial charge >= 0.3 is 0 Å². The van der Waals surface area contributed by atoms with Crippen molar-refractivity contribution in [1.29, 1.82) is 0 Å². The summed E-state index contributed by atoms with van der Waals surface area (Å²) < 4.78 is 14.9. The number of hydrogen-bond acceptors (Lipinski definition) is 2. The van der Waals surface area contributed by atoms with Crippen LogP contribution in [0, 0.1) is 0 Å². The lowest BCUT2D eigenvalue weighted by molar-refractivity contribution is -0.0157. The third kappa shape index (κ3) is 12.8. The predicted molar refractivity (Wildman–Crippen MR) is 565 cm³/mol. The first kappa shape index (κ1) is 81.3. The molecule has 2 unspecified atom stereocenters. The molecule has 2 atom stereocenters. The fraction of sp³-hybridized carbons (Fsp3) is 0.0233. The maximum atomic E-state index is 7.47. The monoisotopic (exact) mass is 1770 g/mol. The van der Waals surface area contributed by atoms with Crippen molar-refractivity contribution < 1.29 is 15.3 Å². The van der Waals surface area contributed by atoms with Gasteiger partial charge in [0.2, 0.25) is 0 Å². The molecule has 0 saturated carbocycles. The van der Waals surface area contributed by atoms with Gasteiger partial charge in [0.15, 0.2) is 0 Å². The molecule has 2 bridgehead atoms. The maximum absolute atomic E-state index is 7.47. The standard InChI is InChI=1S/C32H19Br.C32H20O.C32H20.C20H14O.C12H8.CH4.FH.H2/c33-27-19-18-26-30-24(27)16-9-17-25(30)31-28(20-10-3-1-4-11-20)22-14-7-8-15-23(22)29(32(26)31)21-12-5-2-6-13-21;1-3-13-22(14-4-1)31-26-19-7-8-20-27(26)32(33-31,23-15-5-2-6-16-23)30-25-18-10-12-21-11-9-17-24(28(21)25)29(30)31;1-3-11-22(12-4-1)29-24-17-7-8-18-25(24)30(23-13-5-2-6-14-23)32-27-20-10-16-21-15-9-19-26(28(21)27)31(29)32;1-3-9-15(10-4-1)19-17-13-7-8-14-18(17)20(21-19)16-11-5-2-6-12-16;1-3-9-4-2-6-11-8-7-10(5-1)12(9)11;;;/h1-19H;1-20H;1-20H;1-14H;1-8H;1H4;2*1H/i;;;;;;;1+1. The summed E-state index contributed by atoms with van der Waals surface area (Å²) in [6, 6.07) is 171. The summed E-state index contributed by atoms with van der Waals surface area (Å²) in [4.78, 5) is 0. The third-order valence-corrected chi connectivity index (χ3v) is 28.2. The number of rotatable bonds is 8. The number of benzene rings is 22. The Bertz CT molecular complexity index is 8150. The largest absolute Gasteiger partial charge is 0.455 e. The summed E-state index contributed by atoms with van der Waals surface area (Å²) in [5, 5.41) is 18.2. The van der Waals surface area contributed by atoms with Crippen molar-refractivity contribution in [2.45, 2.75) is 18.6 Å². The topological polar surface area (TPSA) is 22.4 Å². The molecule has 630 valence electrons. The average Bonchev–Trinajstić information content (AvgIpc) is 1.46. The van der Waals surface area contributed by atoms with Crippen LogP contribution in [0.4, 0.5) is 4.70 Å². The molecule has 0 saturated heterocycles. The van der Waals surface area contributed by atoms with Crippen LogP contribution in [0.25, 0.3) is 210 Å². The molecule has 29 rings (SSSR count). The Labute approximate surface area is 782 Å². The van der Waals surface area contributed by atoms with Crippen molar-refractivity contribution in [1.82, 2.24) is 0 Å². The molecule has 0 N–H and O–H groups in total. The molecule has 3 heterocycles. The lowest BCUT2D eigenvalue weighted by atomic mass is 9.67. The van der Waals surface area contributed by atoms with E-state index in [4.69, 9.17) is 9.15 Å². The van der Waals surface area contributed by atoms with Gasteiger partial charge in [-0.2, -0.15) is 0 Å². The predicted octanol–water partition coefficient (Wildman–Crippen LogP) is 36.1. The number of furan rings is 1. The van der Waals surface area contributed by atoms with Crippen molar-refractivity contribution in [2.75, 3.05) is 0 Å². The van der Waals surface area contributed by atoms with E-state index in [0.29, 0.717) is 0 Å². The van der Waals surface area contributed by atoms with Gasteiger partial charge < -0.3 is 9.15 Å². The Kier molecular flexibility index (Phi) is 20.4. The van der Waals surface area contributed by atoms with Crippen LogP contribution in [0.2, 0.25) is 0 Å². The zero-order chi connectivity index (χ0) is 86.7. The fourth-order valence-electron chi connectivity index (χ4n) is 22.3. The van der Waals surface area contributed by atoms with E-state index in [9.17, 15) is 0 Å². The summed E-state index contributed by atoms with van der Waals surface area (Å²) in [5.74, 6) is 1.87. The summed E-state index contributed by atoms with van der Waals surface area (Å²) in [5.41, 5.74) is 34.8. The van der Waals surface area contributed by atoms with Crippen molar-refractivity contribution in [2.24, 2.45) is 0 Å². The average molecular weight is 1770 g/mol. The highest BCUT2D eigenvalue weighted by Gasteiger charge is 2.67. The van der Waals surface area contributed by atoms with Gasteiger partial charge in [0.1, 0.15) is 22.7 Å². The van der Waals surface area contributed by atoms with E-state index in [0.717, 1.165) is 37.9 Å². The van der Waals surface area contributed by atoms with Crippen LogP contribution in [-0.4, -0.2) is 0 Å². The molecule has 0 fully saturated rings. The van der Waals surface area contributed by atoms with Crippen LogP contribution in [0.3, 0.4) is 0 Å². The van der Waals surface area contributed by atoms with Crippen LogP contribution >= 0.6 is 15.9 Å². The summed E-state index contributed by atoms with van der Waals surface area (Å²) in [7, 11) is 0. The van der Waals surface area contributed by atoms with Crippen LogP contribution < -0.4 is 0 Å². The van der Waals surface area contributed by atoms with E-state index in [2.05, 4.69) is 471 Å². The van der Waals surface area contributed by atoms with E-state index in [-0.39, 0.29) is 13.6 Å². The Balaban J connectivity index is 0.0000000999. The maximum Gasteiger partial charge on any atom is 0.147 e. The molecule has 133 heavy (non-hydrogen) atoms. The second kappa shape index (κ2) is 33.4. The molecular weight excluding hydrogens is 1680 g/mol. The highest BCUT2D eigenvalue weighted by molar-refractivity contribution is 9.10. The van der Waals surface area contributed by atoms with Crippen LogP contribution in [0.15, 0.2) is 488 Å². The van der Waals surface area contributed by atoms with Crippen molar-refractivity contribution in [3.05, 3.63) is 528 Å². The van der Waals surface area contributed by atoms with Crippen LogP contribution in [0.5, 0.6) is 0 Å². The second-order valence-corrected chi connectivity index (χ2v) is 35.3. The van der Waals surface area contributed by atoms with E-state index >= 15 is 0 Å². The first-order chi connectivity index (χ1) is 65.0. The summed E-state index contributed by atoms with van der Waals surface area (Å²) in [6.45, 7) is 0.